The summed E-state index contributed by atoms with van der Waals surface area (Å²) in [7, 11) is 0. The molecule has 1 aromatic carbocycles. The molecule has 0 aromatic heterocycles. The van der Waals surface area contributed by atoms with Crippen LogP contribution >= 0.6 is 11.8 Å². The second kappa shape index (κ2) is 6.07. The number of rotatable bonds is 6. The number of hydrogen-bond donors (Lipinski definition) is 2. The Labute approximate surface area is 106 Å². The van der Waals surface area contributed by atoms with Crippen molar-refractivity contribution in [2.45, 2.75) is 17.7 Å². The molecule has 17 heavy (non-hydrogen) atoms. The molecule has 1 aromatic rings. The van der Waals surface area contributed by atoms with Crippen LogP contribution in [0, 0.1) is 5.92 Å². The molecule has 1 aliphatic carbocycles. The van der Waals surface area contributed by atoms with Crippen LogP contribution in [0.4, 0.5) is 5.69 Å². The van der Waals surface area contributed by atoms with E-state index < -0.39 is 0 Å². The van der Waals surface area contributed by atoms with Crippen molar-refractivity contribution in [2.24, 2.45) is 5.92 Å². The third kappa shape index (κ3) is 4.06. The maximum atomic E-state index is 11.7. The second-order valence-corrected chi connectivity index (χ2v) is 5.17. The number of benzene rings is 1. The minimum absolute atomic E-state index is 0.0344. The van der Waals surface area contributed by atoms with Gasteiger partial charge in [-0.25, -0.2) is 0 Å². The Kier molecular flexibility index (Phi) is 4.45. The molecule has 2 rings (SSSR count). The predicted molar refractivity (Wildman–Crippen MR) is 72.4 cm³/mol. The van der Waals surface area contributed by atoms with Crippen molar-refractivity contribution in [3.05, 3.63) is 24.3 Å². The lowest BCUT2D eigenvalue weighted by molar-refractivity contribution is -0.115. The number of thioether (sulfide) groups is 1. The normalized spacial score (nSPS) is 14.6. The molecule has 1 saturated carbocycles. The maximum Gasteiger partial charge on any atom is 0.238 e. The molecule has 0 spiro atoms. The molecule has 1 aliphatic rings. The quantitative estimate of drug-likeness (QED) is 0.761. The molecular formula is C13H18N2OS. The van der Waals surface area contributed by atoms with Gasteiger partial charge in [-0.2, -0.15) is 0 Å². The van der Waals surface area contributed by atoms with Gasteiger partial charge in [0.05, 0.1) is 12.2 Å². The van der Waals surface area contributed by atoms with Crippen LogP contribution in [0.2, 0.25) is 0 Å². The number of carbonyl (C=O) groups excluding carboxylic acids is 1. The van der Waals surface area contributed by atoms with E-state index in [1.54, 1.807) is 11.8 Å². The number of anilines is 1. The fourth-order valence-electron chi connectivity index (χ4n) is 1.65. The Hall–Kier alpha value is -1.00. The van der Waals surface area contributed by atoms with E-state index in [2.05, 4.69) is 10.6 Å². The highest BCUT2D eigenvalue weighted by molar-refractivity contribution is 7.98. The Morgan fingerprint density at radius 2 is 2.18 bits per heavy atom. The van der Waals surface area contributed by atoms with Gasteiger partial charge in [-0.15, -0.1) is 11.8 Å². The molecular weight excluding hydrogens is 232 g/mol. The third-order valence-electron chi connectivity index (χ3n) is 2.80. The number of carbonyl (C=O) groups is 1. The summed E-state index contributed by atoms with van der Waals surface area (Å²) < 4.78 is 0. The van der Waals surface area contributed by atoms with Gasteiger partial charge in [0.2, 0.25) is 5.91 Å². The van der Waals surface area contributed by atoms with Crippen molar-refractivity contribution >= 4 is 23.4 Å². The number of amides is 1. The highest BCUT2D eigenvalue weighted by Crippen LogP contribution is 2.27. The fourth-order valence-corrected chi connectivity index (χ4v) is 2.21. The van der Waals surface area contributed by atoms with Crippen LogP contribution in [-0.4, -0.2) is 25.3 Å². The van der Waals surface area contributed by atoms with Crippen LogP contribution in [-0.2, 0) is 4.79 Å². The van der Waals surface area contributed by atoms with Gasteiger partial charge in [-0.1, -0.05) is 12.1 Å². The molecule has 1 amide bonds. The summed E-state index contributed by atoms with van der Waals surface area (Å²) in [5, 5.41) is 6.12. The third-order valence-corrected chi connectivity index (χ3v) is 3.59. The van der Waals surface area contributed by atoms with Gasteiger partial charge < -0.3 is 10.6 Å². The van der Waals surface area contributed by atoms with Crippen molar-refractivity contribution in [1.82, 2.24) is 5.32 Å². The highest BCUT2D eigenvalue weighted by Gasteiger charge is 2.20. The molecule has 2 N–H and O–H groups in total. The van der Waals surface area contributed by atoms with E-state index in [0.29, 0.717) is 6.54 Å². The molecule has 0 unspecified atom stereocenters. The topological polar surface area (TPSA) is 41.1 Å². The van der Waals surface area contributed by atoms with Gasteiger partial charge in [0, 0.05) is 4.90 Å². The summed E-state index contributed by atoms with van der Waals surface area (Å²) in [6.45, 7) is 1.37. The van der Waals surface area contributed by atoms with Gasteiger partial charge in [-0.3, -0.25) is 4.79 Å². The largest absolute Gasteiger partial charge is 0.324 e. The average Bonchev–Trinajstić information content (AvgIpc) is 3.14. The molecule has 0 saturated heterocycles. The maximum absolute atomic E-state index is 11.7. The van der Waals surface area contributed by atoms with Crippen molar-refractivity contribution in [1.29, 1.82) is 0 Å². The SMILES string of the molecule is CSc1ccccc1NC(=O)CNCC1CC1. The van der Waals surface area contributed by atoms with Crippen LogP contribution in [0.5, 0.6) is 0 Å². The molecule has 0 atom stereocenters. The van der Waals surface area contributed by atoms with E-state index in [4.69, 9.17) is 0 Å². The zero-order valence-corrected chi connectivity index (χ0v) is 10.8. The Balaban J connectivity index is 1.79. The van der Waals surface area contributed by atoms with Gasteiger partial charge in [-0.05, 0) is 43.7 Å². The van der Waals surface area contributed by atoms with Gasteiger partial charge in [0.1, 0.15) is 0 Å². The first-order chi connectivity index (χ1) is 8.29. The molecule has 4 heteroatoms. The van der Waals surface area contributed by atoms with Crippen molar-refractivity contribution < 1.29 is 4.79 Å². The first-order valence-electron chi connectivity index (χ1n) is 5.93. The molecule has 0 aliphatic heterocycles. The number of para-hydroxylation sites is 1. The Morgan fingerprint density at radius 3 is 2.88 bits per heavy atom. The summed E-state index contributed by atoms with van der Waals surface area (Å²) >= 11 is 1.64. The van der Waals surface area contributed by atoms with Crippen molar-refractivity contribution in [3.63, 3.8) is 0 Å². The number of nitrogens with one attached hydrogen (secondary N) is 2. The van der Waals surface area contributed by atoms with Crippen LogP contribution in [0.25, 0.3) is 0 Å². The smallest absolute Gasteiger partial charge is 0.238 e. The minimum atomic E-state index is 0.0344. The minimum Gasteiger partial charge on any atom is -0.324 e. The Morgan fingerprint density at radius 1 is 1.41 bits per heavy atom. The van der Waals surface area contributed by atoms with E-state index in [1.165, 1.54) is 12.8 Å². The molecule has 92 valence electrons. The molecule has 0 radical (unpaired) electrons. The van der Waals surface area contributed by atoms with Gasteiger partial charge >= 0.3 is 0 Å². The van der Waals surface area contributed by atoms with Gasteiger partial charge in [0.25, 0.3) is 0 Å². The summed E-state index contributed by atoms with van der Waals surface area (Å²) in [5.41, 5.74) is 0.901. The molecule has 1 fully saturated rings. The predicted octanol–water partition coefficient (Wildman–Crippen LogP) is 2.35. The lowest BCUT2D eigenvalue weighted by atomic mass is 10.3. The lowest BCUT2D eigenvalue weighted by Crippen LogP contribution is -2.29. The van der Waals surface area contributed by atoms with E-state index >= 15 is 0 Å². The van der Waals surface area contributed by atoms with E-state index in [0.717, 1.165) is 23.0 Å². The second-order valence-electron chi connectivity index (χ2n) is 4.32. The van der Waals surface area contributed by atoms with Crippen molar-refractivity contribution in [3.8, 4) is 0 Å². The standard InChI is InChI=1S/C13H18N2OS/c1-17-12-5-3-2-4-11(12)15-13(16)9-14-8-10-6-7-10/h2-5,10,14H,6-9H2,1H3,(H,15,16). The summed E-state index contributed by atoms with van der Waals surface area (Å²) in [5.74, 6) is 0.841. The van der Waals surface area contributed by atoms with E-state index in [-0.39, 0.29) is 5.91 Å². The zero-order valence-electron chi connectivity index (χ0n) is 10.0. The van der Waals surface area contributed by atoms with Crippen LogP contribution < -0.4 is 10.6 Å². The van der Waals surface area contributed by atoms with Gasteiger partial charge in [0.15, 0.2) is 0 Å². The molecule has 0 bridgehead atoms. The fraction of sp³-hybridized carbons (Fsp3) is 0.462. The molecule has 3 nitrogen and oxygen atoms in total. The van der Waals surface area contributed by atoms with Crippen LogP contribution in [0.1, 0.15) is 12.8 Å². The first kappa shape index (κ1) is 12.5. The van der Waals surface area contributed by atoms with E-state index in [1.807, 2.05) is 30.5 Å². The van der Waals surface area contributed by atoms with Crippen molar-refractivity contribution in [2.75, 3.05) is 24.7 Å². The average molecular weight is 250 g/mol. The highest BCUT2D eigenvalue weighted by atomic mass is 32.2. The summed E-state index contributed by atoms with van der Waals surface area (Å²) in [4.78, 5) is 12.8. The summed E-state index contributed by atoms with van der Waals surface area (Å²) in [6.07, 6.45) is 4.63. The molecule has 0 heterocycles. The van der Waals surface area contributed by atoms with Crippen LogP contribution in [0.15, 0.2) is 29.2 Å². The van der Waals surface area contributed by atoms with Crippen LogP contribution in [0.3, 0.4) is 0 Å². The summed E-state index contributed by atoms with van der Waals surface area (Å²) in [6, 6.07) is 7.86. The Bertz CT molecular complexity index is 391. The zero-order chi connectivity index (χ0) is 12.1. The monoisotopic (exact) mass is 250 g/mol. The first-order valence-corrected chi connectivity index (χ1v) is 7.15. The number of hydrogen-bond acceptors (Lipinski definition) is 3. The van der Waals surface area contributed by atoms with E-state index in [9.17, 15) is 4.79 Å². The lowest BCUT2D eigenvalue weighted by Gasteiger charge is -2.09.